The van der Waals surface area contributed by atoms with Crippen LogP contribution in [-0.2, 0) is 23.0 Å². The lowest BCUT2D eigenvalue weighted by Gasteiger charge is -2.31. The van der Waals surface area contributed by atoms with Crippen molar-refractivity contribution < 1.29 is 18.0 Å². The number of thiophene rings is 1. The van der Waals surface area contributed by atoms with Gasteiger partial charge in [-0.25, -0.2) is 12.7 Å². The highest BCUT2D eigenvalue weighted by Gasteiger charge is 2.31. The van der Waals surface area contributed by atoms with E-state index in [1.807, 2.05) is 11.8 Å². The summed E-state index contributed by atoms with van der Waals surface area (Å²) in [4.78, 5) is 32.7. The molecule has 0 bridgehead atoms. The van der Waals surface area contributed by atoms with Crippen LogP contribution in [0.5, 0.6) is 0 Å². The van der Waals surface area contributed by atoms with Crippen LogP contribution in [0.2, 0.25) is 0 Å². The van der Waals surface area contributed by atoms with E-state index in [0.29, 0.717) is 41.8 Å². The molecule has 8 nitrogen and oxygen atoms in total. The number of amides is 2. The Labute approximate surface area is 238 Å². The van der Waals surface area contributed by atoms with E-state index in [1.165, 1.54) is 39.9 Å². The van der Waals surface area contributed by atoms with E-state index in [-0.39, 0.29) is 16.7 Å². The second kappa shape index (κ2) is 13.9. The van der Waals surface area contributed by atoms with Crippen molar-refractivity contribution in [2.45, 2.75) is 84.2 Å². The van der Waals surface area contributed by atoms with Gasteiger partial charge in [0.05, 0.1) is 10.5 Å². The molecule has 1 aromatic heterocycles. The first kappa shape index (κ1) is 31.3. The van der Waals surface area contributed by atoms with E-state index in [2.05, 4.69) is 37.9 Å². The first-order chi connectivity index (χ1) is 18.5. The van der Waals surface area contributed by atoms with Gasteiger partial charge in [-0.2, -0.15) is 0 Å². The molecule has 3 rings (SSSR count). The normalized spacial score (nSPS) is 14.1. The molecule has 216 valence electrons. The molecule has 0 saturated carbocycles. The van der Waals surface area contributed by atoms with Gasteiger partial charge in [0.25, 0.3) is 11.8 Å². The standard InChI is InChI=1S/C29H44N4O4S2/c1-7-10-18-31(6)39(36,37)23-13-11-22(12-14-23)27(34)30-28-26(29(35)32(16-8-2)17-9-3)24-15-19-33(21(4)5)20-25(24)38-28/h11-14,21H,7-10,15-20H2,1-6H3,(H,30,34). The van der Waals surface area contributed by atoms with Gasteiger partial charge in [-0.05, 0) is 69.4 Å². The van der Waals surface area contributed by atoms with Gasteiger partial charge in [0.1, 0.15) is 5.00 Å². The Morgan fingerprint density at radius 3 is 2.23 bits per heavy atom. The Morgan fingerprint density at radius 1 is 1.03 bits per heavy atom. The molecular weight excluding hydrogens is 532 g/mol. The van der Waals surface area contributed by atoms with Crippen molar-refractivity contribution in [2.75, 3.05) is 38.5 Å². The minimum absolute atomic E-state index is 0.0268. The van der Waals surface area contributed by atoms with Gasteiger partial charge in [0.2, 0.25) is 10.0 Å². The molecule has 1 aromatic carbocycles. The van der Waals surface area contributed by atoms with E-state index in [9.17, 15) is 18.0 Å². The molecule has 1 N–H and O–H groups in total. The highest BCUT2D eigenvalue weighted by atomic mass is 32.2. The maximum Gasteiger partial charge on any atom is 0.257 e. The molecule has 1 aliphatic rings. The van der Waals surface area contributed by atoms with Crippen molar-refractivity contribution in [3.63, 3.8) is 0 Å². The third-order valence-electron chi connectivity index (χ3n) is 7.18. The van der Waals surface area contributed by atoms with Gasteiger partial charge in [-0.15, -0.1) is 11.3 Å². The number of hydrogen-bond donors (Lipinski definition) is 1. The van der Waals surface area contributed by atoms with Crippen LogP contribution < -0.4 is 5.32 Å². The topological polar surface area (TPSA) is 90.0 Å². The highest BCUT2D eigenvalue weighted by molar-refractivity contribution is 7.89. The largest absolute Gasteiger partial charge is 0.339 e. The van der Waals surface area contributed by atoms with Gasteiger partial charge in [-0.3, -0.25) is 14.5 Å². The van der Waals surface area contributed by atoms with Crippen molar-refractivity contribution in [3.8, 4) is 0 Å². The maximum absolute atomic E-state index is 13.8. The number of nitrogens with zero attached hydrogens (tertiary/aromatic N) is 3. The summed E-state index contributed by atoms with van der Waals surface area (Å²) >= 11 is 1.48. The fraction of sp³-hybridized carbons (Fsp3) is 0.586. The van der Waals surface area contributed by atoms with Gasteiger partial charge in [-0.1, -0.05) is 27.2 Å². The fourth-order valence-corrected chi connectivity index (χ4v) is 7.30. The lowest BCUT2D eigenvalue weighted by Crippen LogP contribution is -2.37. The van der Waals surface area contributed by atoms with Crippen LogP contribution >= 0.6 is 11.3 Å². The summed E-state index contributed by atoms with van der Waals surface area (Å²) in [5.74, 6) is -0.384. The fourth-order valence-electron chi connectivity index (χ4n) is 4.83. The Balaban J connectivity index is 1.90. The summed E-state index contributed by atoms with van der Waals surface area (Å²) in [5.41, 5.74) is 2.01. The van der Waals surface area contributed by atoms with Crippen molar-refractivity contribution in [3.05, 3.63) is 45.8 Å². The number of anilines is 1. The molecule has 0 spiro atoms. The lowest BCUT2D eigenvalue weighted by molar-refractivity contribution is 0.0755. The van der Waals surface area contributed by atoms with Crippen LogP contribution in [0.15, 0.2) is 29.2 Å². The van der Waals surface area contributed by atoms with Crippen LogP contribution in [0, 0.1) is 0 Å². The summed E-state index contributed by atoms with van der Waals surface area (Å²) in [6.45, 7) is 13.9. The SMILES string of the molecule is CCCCN(C)S(=O)(=O)c1ccc(C(=O)Nc2sc3c(c2C(=O)N(CCC)CCC)CCN(C(C)C)C3)cc1. The summed E-state index contributed by atoms with van der Waals surface area (Å²) in [6, 6.07) is 6.41. The maximum atomic E-state index is 13.8. The average Bonchev–Trinajstić information content (AvgIpc) is 3.27. The quantitative estimate of drug-likeness (QED) is 0.343. The summed E-state index contributed by atoms with van der Waals surface area (Å²) in [6.07, 6.45) is 4.18. The van der Waals surface area contributed by atoms with E-state index >= 15 is 0 Å². The predicted molar refractivity (Wildman–Crippen MR) is 159 cm³/mol. The molecule has 0 saturated heterocycles. The highest BCUT2D eigenvalue weighted by Crippen LogP contribution is 2.38. The minimum atomic E-state index is -3.62. The molecule has 2 heterocycles. The van der Waals surface area contributed by atoms with Crippen molar-refractivity contribution in [2.24, 2.45) is 0 Å². The van der Waals surface area contributed by atoms with E-state index < -0.39 is 10.0 Å². The van der Waals surface area contributed by atoms with E-state index in [0.717, 1.165) is 55.6 Å². The number of carbonyl (C=O) groups is 2. The van der Waals surface area contributed by atoms with Crippen molar-refractivity contribution in [1.29, 1.82) is 0 Å². The second-order valence-corrected chi connectivity index (χ2v) is 13.6. The molecule has 0 fully saturated rings. The second-order valence-electron chi connectivity index (χ2n) is 10.5. The van der Waals surface area contributed by atoms with Gasteiger partial charge < -0.3 is 10.2 Å². The van der Waals surface area contributed by atoms with Crippen molar-refractivity contribution in [1.82, 2.24) is 14.1 Å². The lowest BCUT2D eigenvalue weighted by atomic mass is 10.0. The number of fused-ring (bicyclic) bond motifs is 1. The van der Waals surface area contributed by atoms with Crippen LogP contribution in [0.4, 0.5) is 5.00 Å². The van der Waals surface area contributed by atoms with Crippen molar-refractivity contribution >= 4 is 38.2 Å². The zero-order valence-corrected chi connectivity index (χ0v) is 25.9. The summed E-state index contributed by atoms with van der Waals surface area (Å²) in [5, 5.41) is 3.59. The Hall–Kier alpha value is -2.27. The number of rotatable bonds is 13. The molecule has 2 aromatic rings. The number of carbonyl (C=O) groups excluding carboxylic acids is 2. The Bertz CT molecular complexity index is 1230. The monoisotopic (exact) mass is 576 g/mol. The average molecular weight is 577 g/mol. The van der Waals surface area contributed by atoms with Gasteiger partial charge in [0, 0.05) is 56.3 Å². The van der Waals surface area contributed by atoms with Crippen LogP contribution in [0.1, 0.15) is 91.5 Å². The molecule has 2 amide bonds. The molecule has 0 aliphatic carbocycles. The number of benzene rings is 1. The molecule has 39 heavy (non-hydrogen) atoms. The molecule has 1 aliphatic heterocycles. The number of nitrogens with one attached hydrogen (secondary N) is 1. The van der Waals surface area contributed by atoms with E-state index in [4.69, 9.17) is 0 Å². The molecular formula is C29H44N4O4S2. The Morgan fingerprint density at radius 2 is 1.67 bits per heavy atom. The number of sulfonamides is 1. The van der Waals surface area contributed by atoms with Gasteiger partial charge >= 0.3 is 0 Å². The Kier molecular flexibility index (Phi) is 11.1. The third-order valence-corrected chi connectivity index (χ3v) is 10.2. The summed E-state index contributed by atoms with van der Waals surface area (Å²) < 4.78 is 27.1. The minimum Gasteiger partial charge on any atom is -0.339 e. The van der Waals surface area contributed by atoms with Crippen LogP contribution in [-0.4, -0.2) is 73.6 Å². The summed E-state index contributed by atoms with van der Waals surface area (Å²) in [7, 11) is -2.04. The zero-order chi connectivity index (χ0) is 28.7. The predicted octanol–water partition coefficient (Wildman–Crippen LogP) is 5.45. The molecule has 0 atom stereocenters. The molecule has 0 unspecified atom stereocenters. The van der Waals surface area contributed by atoms with Crippen LogP contribution in [0.3, 0.4) is 0 Å². The van der Waals surface area contributed by atoms with E-state index in [1.54, 1.807) is 7.05 Å². The smallest absolute Gasteiger partial charge is 0.257 e. The number of unbranched alkanes of at least 4 members (excludes halogenated alkanes) is 1. The van der Waals surface area contributed by atoms with Gasteiger partial charge in [0.15, 0.2) is 0 Å². The molecule has 0 radical (unpaired) electrons. The van der Waals surface area contributed by atoms with Crippen LogP contribution in [0.25, 0.3) is 0 Å². The number of hydrogen-bond acceptors (Lipinski definition) is 6. The first-order valence-electron chi connectivity index (χ1n) is 14.1. The zero-order valence-electron chi connectivity index (χ0n) is 24.2. The first-order valence-corrected chi connectivity index (χ1v) is 16.4. The molecule has 10 heteroatoms. The third kappa shape index (κ3) is 7.28.